The molecule has 1 rings (SSSR count). The van der Waals surface area contributed by atoms with E-state index in [4.69, 9.17) is 5.11 Å². The Labute approximate surface area is 119 Å². The van der Waals surface area contributed by atoms with Crippen molar-refractivity contribution in [2.45, 2.75) is 12.1 Å². The number of halogens is 4. The zero-order valence-corrected chi connectivity index (χ0v) is 12.0. The van der Waals surface area contributed by atoms with Crippen LogP contribution in [0.3, 0.4) is 0 Å². The largest absolute Gasteiger partial charge is 0.441 e. The molecule has 0 saturated carbocycles. The van der Waals surface area contributed by atoms with E-state index in [1.54, 1.807) is 0 Å². The molecule has 0 amide bonds. The Morgan fingerprint density at radius 1 is 1.53 bits per heavy atom. The van der Waals surface area contributed by atoms with Gasteiger partial charge in [-0.2, -0.15) is 18.3 Å². The zero-order valence-electron chi connectivity index (χ0n) is 9.58. The molecule has 0 aliphatic heterocycles. The van der Waals surface area contributed by atoms with Gasteiger partial charge in [-0.3, -0.25) is 4.79 Å². The second kappa shape index (κ2) is 7.15. The van der Waals surface area contributed by atoms with Crippen LogP contribution in [0, 0.1) is 0 Å². The second-order valence-electron chi connectivity index (χ2n) is 3.35. The van der Waals surface area contributed by atoms with Crippen LogP contribution in [-0.4, -0.2) is 39.3 Å². The van der Waals surface area contributed by atoms with Gasteiger partial charge in [-0.05, 0) is 27.7 Å². The topological polar surface area (TPSA) is 67.2 Å². The van der Waals surface area contributed by atoms with Gasteiger partial charge in [0.2, 0.25) is 0 Å². The predicted octanol–water partition coefficient (Wildman–Crippen LogP) is 1.66. The van der Waals surface area contributed by atoms with Gasteiger partial charge in [0.05, 0.1) is 25.0 Å². The van der Waals surface area contributed by atoms with E-state index in [1.807, 2.05) is 0 Å². The summed E-state index contributed by atoms with van der Waals surface area (Å²) in [5.41, 5.74) is -4.40. The fraction of sp³-hybridized carbons (Fsp3) is 0.556. The van der Waals surface area contributed by atoms with E-state index in [0.717, 1.165) is 4.68 Å². The Morgan fingerprint density at radius 2 is 2.21 bits per heavy atom. The average Bonchev–Trinajstić information content (AvgIpc) is 2.32. The molecule has 0 saturated heterocycles. The van der Waals surface area contributed by atoms with Crippen LogP contribution in [-0.2, 0) is 6.54 Å². The molecule has 0 aliphatic carbocycles. The van der Waals surface area contributed by atoms with Gasteiger partial charge < -0.3 is 10.4 Å². The summed E-state index contributed by atoms with van der Waals surface area (Å²) in [6.45, 7) is -0.121. The monoisotopic (exact) mass is 361 g/mol. The third-order valence-electron chi connectivity index (χ3n) is 1.98. The summed E-state index contributed by atoms with van der Waals surface area (Å²) >= 11 is 2.91. The summed E-state index contributed by atoms with van der Waals surface area (Å²) < 4.78 is 36.9. The number of aliphatic hydroxyl groups excluding tert-OH is 1. The maximum absolute atomic E-state index is 11.9. The Bertz CT molecular complexity index is 481. The minimum Gasteiger partial charge on any atom is -0.394 e. The average molecular weight is 362 g/mol. The standard InChI is InChI=1S/C9H11BrF3N3O2S/c10-7-6(14-1-4-19-9(11,12)13)5-15-16(2-3-17)8(7)18/h5,14,17H,1-4H2. The lowest BCUT2D eigenvalue weighted by Gasteiger charge is -2.10. The Hall–Kier alpha value is -0.740. The number of nitrogens with zero attached hydrogens (tertiary/aromatic N) is 2. The summed E-state index contributed by atoms with van der Waals surface area (Å²) in [4.78, 5) is 11.7. The Balaban J connectivity index is 2.60. The molecule has 19 heavy (non-hydrogen) atoms. The quantitative estimate of drug-likeness (QED) is 0.754. The molecule has 1 aromatic heterocycles. The smallest absolute Gasteiger partial charge is 0.394 e. The third-order valence-corrected chi connectivity index (χ3v) is 3.48. The molecule has 108 valence electrons. The van der Waals surface area contributed by atoms with E-state index in [1.165, 1.54) is 6.20 Å². The predicted molar refractivity (Wildman–Crippen MR) is 70.3 cm³/mol. The van der Waals surface area contributed by atoms with Gasteiger partial charge in [-0.15, -0.1) is 0 Å². The summed E-state index contributed by atoms with van der Waals surface area (Å²) in [6.07, 6.45) is 1.32. The van der Waals surface area contributed by atoms with Gasteiger partial charge >= 0.3 is 5.51 Å². The van der Waals surface area contributed by atoms with Crippen LogP contribution >= 0.6 is 27.7 Å². The summed E-state index contributed by atoms with van der Waals surface area (Å²) in [6, 6.07) is 0. The number of aliphatic hydroxyl groups is 1. The van der Waals surface area contributed by atoms with Gasteiger partial charge in [-0.1, -0.05) is 0 Å². The number of rotatable bonds is 6. The van der Waals surface area contributed by atoms with Crippen LogP contribution in [0.4, 0.5) is 18.9 Å². The molecule has 0 aromatic carbocycles. The van der Waals surface area contributed by atoms with E-state index in [-0.39, 0.29) is 41.7 Å². The van der Waals surface area contributed by atoms with Crippen molar-refractivity contribution in [3.63, 3.8) is 0 Å². The van der Waals surface area contributed by atoms with Crippen LogP contribution in [0.15, 0.2) is 15.5 Å². The Morgan fingerprint density at radius 3 is 2.79 bits per heavy atom. The molecular weight excluding hydrogens is 351 g/mol. The second-order valence-corrected chi connectivity index (χ2v) is 5.30. The van der Waals surface area contributed by atoms with E-state index >= 15 is 0 Å². The first-order chi connectivity index (χ1) is 8.85. The van der Waals surface area contributed by atoms with Crippen molar-refractivity contribution in [3.05, 3.63) is 21.0 Å². The molecule has 2 N–H and O–H groups in total. The van der Waals surface area contributed by atoms with Crippen LogP contribution < -0.4 is 10.9 Å². The van der Waals surface area contributed by atoms with Gasteiger partial charge in [0.25, 0.3) is 5.56 Å². The lowest BCUT2D eigenvalue weighted by molar-refractivity contribution is -0.0327. The molecule has 0 atom stereocenters. The van der Waals surface area contributed by atoms with Crippen molar-refractivity contribution in [1.82, 2.24) is 9.78 Å². The first kappa shape index (κ1) is 16.3. The first-order valence-electron chi connectivity index (χ1n) is 5.16. The van der Waals surface area contributed by atoms with E-state index in [2.05, 4.69) is 26.3 Å². The lowest BCUT2D eigenvalue weighted by atomic mass is 10.4. The van der Waals surface area contributed by atoms with Crippen LogP contribution in [0.25, 0.3) is 0 Å². The van der Waals surface area contributed by atoms with Gasteiger partial charge in [0, 0.05) is 12.3 Å². The molecule has 5 nitrogen and oxygen atoms in total. The number of aromatic nitrogens is 2. The van der Waals surface area contributed by atoms with Crippen molar-refractivity contribution >= 4 is 33.4 Å². The number of hydrogen-bond acceptors (Lipinski definition) is 5. The first-order valence-corrected chi connectivity index (χ1v) is 6.94. The SMILES string of the molecule is O=c1c(Br)c(NCCSC(F)(F)F)cnn1CCO. The highest BCUT2D eigenvalue weighted by Gasteiger charge is 2.27. The number of hydrogen-bond donors (Lipinski definition) is 2. The minimum absolute atomic E-state index is 0.0495. The highest BCUT2D eigenvalue weighted by molar-refractivity contribution is 9.10. The van der Waals surface area contributed by atoms with Crippen LogP contribution in [0.1, 0.15) is 0 Å². The fourth-order valence-electron chi connectivity index (χ4n) is 1.19. The summed E-state index contributed by atoms with van der Waals surface area (Å²) in [7, 11) is 0. The summed E-state index contributed by atoms with van der Waals surface area (Å²) in [5.74, 6) is -0.171. The lowest BCUT2D eigenvalue weighted by Crippen LogP contribution is -2.26. The number of thioether (sulfide) groups is 1. The highest BCUT2D eigenvalue weighted by atomic mass is 79.9. The van der Waals surface area contributed by atoms with Gasteiger partial charge in [-0.25, -0.2) is 4.68 Å². The van der Waals surface area contributed by atoms with Crippen molar-refractivity contribution in [2.75, 3.05) is 24.2 Å². The molecule has 0 spiro atoms. The third kappa shape index (κ3) is 5.41. The number of anilines is 1. The molecule has 0 aliphatic rings. The normalized spacial score (nSPS) is 11.6. The zero-order chi connectivity index (χ0) is 14.5. The molecule has 0 bridgehead atoms. The van der Waals surface area contributed by atoms with E-state index in [0.29, 0.717) is 5.69 Å². The van der Waals surface area contributed by atoms with Crippen molar-refractivity contribution in [1.29, 1.82) is 0 Å². The molecule has 0 unspecified atom stereocenters. The highest BCUT2D eigenvalue weighted by Crippen LogP contribution is 2.29. The van der Waals surface area contributed by atoms with Gasteiger partial charge in [0.15, 0.2) is 0 Å². The van der Waals surface area contributed by atoms with Crippen molar-refractivity contribution in [3.8, 4) is 0 Å². The van der Waals surface area contributed by atoms with Gasteiger partial charge in [0.1, 0.15) is 4.47 Å². The van der Waals surface area contributed by atoms with Crippen molar-refractivity contribution < 1.29 is 18.3 Å². The Kier molecular flexibility index (Phi) is 6.14. The molecular formula is C9H11BrF3N3O2S. The van der Waals surface area contributed by atoms with E-state index < -0.39 is 11.1 Å². The number of nitrogens with one attached hydrogen (secondary N) is 1. The minimum atomic E-state index is -4.26. The fourth-order valence-corrected chi connectivity index (χ4v) is 2.08. The molecule has 0 radical (unpaired) electrons. The maximum atomic E-state index is 11.9. The molecule has 0 fully saturated rings. The van der Waals surface area contributed by atoms with Crippen molar-refractivity contribution in [2.24, 2.45) is 0 Å². The maximum Gasteiger partial charge on any atom is 0.441 e. The van der Waals surface area contributed by atoms with Crippen LogP contribution in [0.5, 0.6) is 0 Å². The molecule has 1 aromatic rings. The number of alkyl halides is 3. The van der Waals surface area contributed by atoms with E-state index in [9.17, 15) is 18.0 Å². The molecule has 10 heteroatoms. The molecule has 1 heterocycles. The van der Waals surface area contributed by atoms with Crippen LogP contribution in [0.2, 0.25) is 0 Å². The summed E-state index contributed by atoms with van der Waals surface area (Å²) in [5, 5.41) is 15.2.